The van der Waals surface area contributed by atoms with Crippen LogP contribution in [0, 0.1) is 6.92 Å². The second-order valence-corrected chi connectivity index (χ2v) is 7.94. The maximum atomic E-state index is 13.1. The summed E-state index contributed by atoms with van der Waals surface area (Å²) < 4.78 is 5.22. The predicted molar refractivity (Wildman–Crippen MR) is 109 cm³/mol. The van der Waals surface area contributed by atoms with Gasteiger partial charge in [-0.05, 0) is 42.5 Å². The number of rotatable bonds is 3. The van der Waals surface area contributed by atoms with Gasteiger partial charge in [0.15, 0.2) is 5.78 Å². The van der Waals surface area contributed by atoms with Crippen LogP contribution < -0.4 is 10.1 Å². The third kappa shape index (κ3) is 3.45. The Bertz CT molecular complexity index is 978. The molecule has 0 saturated heterocycles. The number of hydrogen-bond acceptors (Lipinski definition) is 3. The van der Waals surface area contributed by atoms with E-state index in [1.165, 1.54) is 5.56 Å². The van der Waals surface area contributed by atoms with Gasteiger partial charge in [-0.2, -0.15) is 0 Å². The minimum atomic E-state index is -0.265. The number of benzene rings is 2. The second-order valence-electron chi connectivity index (χ2n) is 7.53. The summed E-state index contributed by atoms with van der Waals surface area (Å²) in [5.41, 5.74) is 4.68. The van der Waals surface area contributed by atoms with Gasteiger partial charge < -0.3 is 10.1 Å². The van der Waals surface area contributed by atoms with Crippen molar-refractivity contribution in [1.29, 1.82) is 0 Å². The molecule has 0 aromatic heterocycles. The fourth-order valence-electron chi connectivity index (χ4n) is 4.22. The average Bonchev–Trinajstić information content (AvgIpc) is 2.67. The lowest BCUT2D eigenvalue weighted by molar-refractivity contribution is -0.122. The van der Waals surface area contributed by atoms with Gasteiger partial charge in [-0.15, -0.1) is 0 Å². The van der Waals surface area contributed by atoms with E-state index in [4.69, 9.17) is 16.3 Å². The molecule has 0 fully saturated rings. The van der Waals surface area contributed by atoms with Crippen molar-refractivity contribution in [1.82, 2.24) is 5.32 Å². The normalized spacial score (nSPS) is 22.0. The van der Waals surface area contributed by atoms with Gasteiger partial charge in [-0.25, -0.2) is 0 Å². The fourth-order valence-corrected chi connectivity index (χ4v) is 4.48. The van der Waals surface area contributed by atoms with Crippen molar-refractivity contribution in [3.8, 4) is 5.75 Å². The number of aryl methyl sites for hydroxylation is 1. The highest BCUT2D eigenvalue weighted by molar-refractivity contribution is 6.32. The zero-order valence-corrected chi connectivity index (χ0v) is 16.7. The summed E-state index contributed by atoms with van der Waals surface area (Å²) in [5.74, 6) is 0.440. The molecule has 1 aliphatic carbocycles. The van der Waals surface area contributed by atoms with Gasteiger partial charge in [0, 0.05) is 30.0 Å². The summed E-state index contributed by atoms with van der Waals surface area (Å²) in [5, 5.41) is 3.44. The van der Waals surface area contributed by atoms with E-state index in [0.717, 1.165) is 22.4 Å². The quantitative estimate of drug-likeness (QED) is 0.822. The van der Waals surface area contributed by atoms with E-state index in [1.807, 2.05) is 13.0 Å². The number of carbonyl (C=O) groups excluding carboxylic acids is 2. The summed E-state index contributed by atoms with van der Waals surface area (Å²) >= 11 is 6.29. The molecule has 1 aliphatic heterocycles. The van der Waals surface area contributed by atoms with Crippen LogP contribution in [0.2, 0.25) is 5.02 Å². The van der Waals surface area contributed by atoms with Crippen molar-refractivity contribution in [2.75, 3.05) is 7.11 Å². The minimum absolute atomic E-state index is 0.0620. The molecule has 2 aromatic rings. The topological polar surface area (TPSA) is 55.4 Å². The third-order valence-corrected chi connectivity index (χ3v) is 5.96. The van der Waals surface area contributed by atoms with Crippen LogP contribution in [0.15, 0.2) is 53.7 Å². The number of ketones is 1. The maximum absolute atomic E-state index is 13.1. The molecule has 0 spiro atoms. The Kier molecular flexibility index (Phi) is 4.98. The van der Waals surface area contributed by atoms with E-state index in [0.29, 0.717) is 23.6 Å². The van der Waals surface area contributed by atoms with Gasteiger partial charge in [0.05, 0.1) is 12.1 Å². The van der Waals surface area contributed by atoms with E-state index in [1.54, 1.807) is 19.2 Å². The molecule has 2 unspecified atom stereocenters. The fraction of sp³-hybridized carbons (Fsp3) is 0.304. The molecule has 0 bridgehead atoms. The molecular formula is C23H22ClNO3. The second kappa shape index (κ2) is 7.44. The van der Waals surface area contributed by atoms with E-state index in [2.05, 4.69) is 29.6 Å². The molecule has 4 nitrogen and oxygen atoms in total. The molecule has 28 heavy (non-hydrogen) atoms. The number of Topliss-reactive ketones (excluding diaryl/α,β-unsaturated/α-hetero) is 1. The SMILES string of the molecule is COc1ccc(C2CC(=O)NC3=C2C(=O)CC(c2ccc(C)cc2)C3)cc1Cl. The van der Waals surface area contributed by atoms with Gasteiger partial charge in [0.1, 0.15) is 5.75 Å². The first kappa shape index (κ1) is 18.8. The van der Waals surface area contributed by atoms with Crippen LogP contribution in [0.1, 0.15) is 47.8 Å². The Morgan fingerprint density at radius 1 is 1.00 bits per heavy atom. The molecular weight excluding hydrogens is 374 g/mol. The van der Waals surface area contributed by atoms with Gasteiger partial charge in [0.25, 0.3) is 0 Å². The van der Waals surface area contributed by atoms with Gasteiger partial charge >= 0.3 is 0 Å². The summed E-state index contributed by atoms with van der Waals surface area (Å²) in [6.45, 7) is 2.04. The van der Waals surface area contributed by atoms with Crippen LogP contribution in [-0.4, -0.2) is 18.8 Å². The zero-order chi connectivity index (χ0) is 19.8. The van der Waals surface area contributed by atoms with Crippen molar-refractivity contribution in [3.63, 3.8) is 0 Å². The highest BCUT2D eigenvalue weighted by Gasteiger charge is 2.38. The molecule has 144 valence electrons. The number of allylic oxidation sites excluding steroid dienone is 2. The van der Waals surface area contributed by atoms with Crippen molar-refractivity contribution in [3.05, 3.63) is 75.4 Å². The Morgan fingerprint density at radius 3 is 2.39 bits per heavy atom. The van der Waals surface area contributed by atoms with E-state index in [9.17, 15) is 9.59 Å². The minimum Gasteiger partial charge on any atom is -0.495 e. The molecule has 0 saturated carbocycles. The smallest absolute Gasteiger partial charge is 0.225 e. The lowest BCUT2D eigenvalue weighted by Crippen LogP contribution is -2.38. The number of nitrogens with one attached hydrogen (secondary N) is 1. The standard InChI is InChI=1S/C23H22ClNO3/c1-13-3-5-14(6-4-13)16-10-19-23(20(26)11-16)17(12-22(27)25-19)15-7-8-21(28-2)18(24)9-15/h3-9,16-17H,10-12H2,1-2H3,(H,25,27). The van der Waals surface area contributed by atoms with Crippen LogP contribution >= 0.6 is 11.6 Å². The van der Waals surface area contributed by atoms with E-state index in [-0.39, 0.29) is 29.9 Å². The highest BCUT2D eigenvalue weighted by atomic mass is 35.5. The summed E-state index contributed by atoms with van der Waals surface area (Å²) in [6, 6.07) is 13.7. The van der Waals surface area contributed by atoms with Crippen LogP contribution in [0.3, 0.4) is 0 Å². The molecule has 2 aliphatic rings. The summed E-state index contributed by atoms with van der Waals surface area (Å²) in [6.07, 6.45) is 1.37. The van der Waals surface area contributed by atoms with Crippen molar-refractivity contribution in [2.45, 2.75) is 38.0 Å². The van der Waals surface area contributed by atoms with Gasteiger partial charge in [-0.3, -0.25) is 9.59 Å². The lowest BCUT2D eigenvalue weighted by atomic mass is 9.73. The lowest BCUT2D eigenvalue weighted by Gasteiger charge is -2.34. The Hall–Kier alpha value is -2.59. The molecule has 1 amide bonds. The van der Waals surface area contributed by atoms with Crippen molar-refractivity contribution >= 4 is 23.3 Å². The Balaban J connectivity index is 1.70. The molecule has 2 atom stereocenters. The van der Waals surface area contributed by atoms with E-state index >= 15 is 0 Å². The average molecular weight is 396 g/mol. The molecule has 0 radical (unpaired) electrons. The molecule has 1 heterocycles. The first-order chi connectivity index (χ1) is 13.5. The summed E-state index contributed by atoms with van der Waals surface area (Å²) in [4.78, 5) is 25.5. The summed E-state index contributed by atoms with van der Waals surface area (Å²) in [7, 11) is 1.56. The maximum Gasteiger partial charge on any atom is 0.225 e. The molecule has 1 N–H and O–H groups in total. The Labute approximate surface area is 169 Å². The van der Waals surface area contributed by atoms with Crippen LogP contribution in [-0.2, 0) is 9.59 Å². The van der Waals surface area contributed by atoms with Crippen molar-refractivity contribution < 1.29 is 14.3 Å². The van der Waals surface area contributed by atoms with Crippen molar-refractivity contribution in [2.24, 2.45) is 0 Å². The van der Waals surface area contributed by atoms with Crippen LogP contribution in [0.4, 0.5) is 0 Å². The van der Waals surface area contributed by atoms with Crippen LogP contribution in [0.5, 0.6) is 5.75 Å². The van der Waals surface area contributed by atoms with Gasteiger partial charge in [0.2, 0.25) is 5.91 Å². The number of ether oxygens (including phenoxy) is 1. The molecule has 2 aromatic carbocycles. The number of hydrogen-bond donors (Lipinski definition) is 1. The first-order valence-electron chi connectivity index (χ1n) is 9.42. The van der Waals surface area contributed by atoms with Gasteiger partial charge in [-0.1, -0.05) is 47.5 Å². The number of carbonyl (C=O) groups is 2. The molecule has 5 heteroatoms. The Morgan fingerprint density at radius 2 is 1.71 bits per heavy atom. The van der Waals surface area contributed by atoms with E-state index < -0.39 is 0 Å². The predicted octanol–water partition coefficient (Wildman–Crippen LogP) is 4.66. The number of methoxy groups -OCH3 is 1. The largest absolute Gasteiger partial charge is 0.495 e. The number of amides is 1. The van der Waals surface area contributed by atoms with Crippen LogP contribution in [0.25, 0.3) is 0 Å². The number of halogens is 1. The zero-order valence-electron chi connectivity index (χ0n) is 15.9. The molecule has 4 rings (SSSR count). The first-order valence-corrected chi connectivity index (χ1v) is 9.80. The third-order valence-electron chi connectivity index (χ3n) is 5.66. The monoisotopic (exact) mass is 395 g/mol. The highest BCUT2D eigenvalue weighted by Crippen LogP contribution is 2.43.